The molecule has 0 heterocycles. The topological polar surface area (TPSA) is 72.5 Å². The summed E-state index contributed by atoms with van der Waals surface area (Å²) in [6.45, 7) is 1.55. The average molecular weight is 432 g/mol. The first-order valence-corrected chi connectivity index (χ1v) is 11.5. The van der Waals surface area contributed by atoms with E-state index in [1.165, 1.54) is 0 Å². The molecule has 1 N–H and O–H groups in total. The Morgan fingerprint density at radius 2 is 1.50 bits per heavy atom. The van der Waals surface area contributed by atoms with Crippen molar-refractivity contribution in [2.75, 3.05) is 0 Å². The zero-order valence-electron chi connectivity index (χ0n) is 18.4. The van der Waals surface area contributed by atoms with Gasteiger partial charge in [0, 0.05) is 23.6 Å². The summed E-state index contributed by atoms with van der Waals surface area (Å²) < 4.78 is 6.09. The summed E-state index contributed by atoms with van der Waals surface area (Å²) in [5.41, 5.74) is 0.252. The lowest BCUT2D eigenvalue weighted by atomic mass is 9.47. The van der Waals surface area contributed by atoms with Crippen molar-refractivity contribution < 1.29 is 19.1 Å². The molecule has 5 heteroatoms. The van der Waals surface area contributed by atoms with Crippen molar-refractivity contribution in [3.05, 3.63) is 71.8 Å². The fraction of sp³-hybridized carbons (Fsp3) is 0.444. The van der Waals surface area contributed by atoms with Crippen molar-refractivity contribution in [2.45, 2.75) is 57.1 Å². The molecule has 5 atom stereocenters. The predicted molar refractivity (Wildman–Crippen MR) is 120 cm³/mol. The molecule has 4 saturated carbocycles. The zero-order chi connectivity index (χ0) is 22.3. The Hall–Kier alpha value is -2.95. The highest BCUT2D eigenvalue weighted by atomic mass is 16.5. The van der Waals surface area contributed by atoms with E-state index in [1.807, 2.05) is 48.5 Å². The van der Waals surface area contributed by atoms with Crippen molar-refractivity contribution in [1.29, 1.82) is 0 Å². The zero-order valence-corrected chi connectivity index (χ0v) is 18.4. The van der Waals surface area contributed by atoms with Crippen LogP contribution in [0.15, 0.2) is 60.7 Å². The van der Waals surface area contributed by atoms with Crippen molar-refractivity contribution in [1.82, 2.24) is 5.32 Å². The van der Waals surface area contributed by atoms with Gasteiger partial charge in [-0.2, -0.15) is 0 Å². The molecule has 5 nitrogen and oxygen atoms in total. The third-order valence-electron chi connectivity index (χ3n) is 7.56. The highest BCUT2D eigenvalue weighted by Gasteiger charge is 2.62. The smallest absolute Gasteiger partial charge is 0.313 e. The summed E-state index contributed by atoms with van der Waals surface area (Å²) >= 11 is 0. The third kappa shape index (κ3) is 3.74. The van der Waals surface area contributed by atoms with Crippen LogP contribution in [0.4, 0.5) is 0 Å². The van der Waals surface area contributed by atoms with Crippen molar-refractivity contribution in [3.63, 3.8) is 0 Å². The number of rotatable bonds is 6. The summed E-state index contributed by atoms with van der Waals surface area (Å²) in [6.07, 6.45) is 4.17. The van der Waals surface area contributed by atoms with Gasteiger partial charge >= 0.3 is 5.97 Å². The van der Waals surface area contributed by atoms with Gasteiger partial charge in [-0.3, -0.25) is 14.4 Å². The maximum atomic E-state index is 13.8. The van der Waals surface area contributed by atoms with E-state index >= 15 is 0 Å². The fourth-order valence-corrected chi connectivity index (χ4v) is 6.91. The Balaban J connectivity index is 1.45. The molecule has 4 aliphatic carbocycles. The normalized spacial score (nSPS) is 31.0. The maximum absolute atomic E-state index is 13.8. The number of esters is 1. The first-order chi connectivity index (χ1) is 15.4. The Morgan fingerprint density at radius 1 is 0.906 bits per heavy atom. The van der Waals surface area contributed by atoms with E-state index in [1.54, 1.807) is 19.1 Å². The van der Waals surface area contributed by atoms with Crippen LogP contribution in [-0.2, 0) is 14.3 Å². The van der Waals surface area contributed by atoms with Crippen LogP contribution >= 0.6 is 0 Å². The number of Topliss-reactive ketones (excluding diaryl/α,β-unsaturated/α-hetero) is 1. The van der Waals surface area contributed by atoms with Gasteiger partial charge in [-0.25, -0.2) is 0 Å². The van der Waals surface area contributed by atoms with Gasteiger partial charge in [0.2, 0.25) is 11.7 Å². The molecule has 0 aliphatic heterocycles. The predicted octanol–water partition coefficient (Wildman–Crippen LogP) is 4.63. The van der Waals surface area contributed by atoms with Gasteiger partial charge in [0.25, 0.3) is 0 Å². The molecule has 0 saturated heterocycles. The van der Waals surface area contributed by atoms with E-state index in [9.17, 15) is 14.4 Å². The summed E-state index contributed by atoms with van der Waals surface area (Å²) in [7, 11) is 0. The largest absolute Gasteiger partial charge is 0.449 e. The molecule has 0 aromatic heterocycles. The van der Waals surface area contributed by atoms with Gasteiger partial charge in [0.05, 0.1) is 5.41 Å². The summed E-state index contributed by atoms with van der Waals surface area (Å²) in [5.74, 6) is 0.272. The second-order valence-corrected chi connectivity index (χ2v) is 10.1. The minimum absolute atomic E-state index is 0.0446. The quantitative estimate of drug-likeness (QED) is 0.535. The Morgan fingerprint density at radius 3 is 2.09 bits per heavy atom. The SMILES string of the molecule is CC(=O)NC12C[C@H]3C[C@@H](C1)CC(C(=O)O[C@H](C(=O)c1ccccc1)c1ccccc1)(C3)C2. The van der Waals surface area contributed by atoms with Crippen LogP contribution < -0.4 is 5.32 Å². The molecule has 0 radical (unpaired) electrons. The monoisotopic (exact) mass is 431 g/mol. The second-order valence-electron chi connectivity index (χ2n) is 10.1. The second kappa shape index (κ2) is 7.88. The van der Waals surface area contributed by atoms with Crippen LogP contribution in [0.5, 0.6) is 0 Å². The molecule has 2 unspecified atom stereocenters. The molecule has 4 fully saturated rings. The average Bonchev–Trinajstić information content (AvgIpc) is 2.76. The number of ether oxygens (including phenoxy) is 1. The highest BCUT2D eigenvalue weighted by Crippen LogP contribution is 2.62. The number of amides is 1. The van der Waals surface area contributed by atoms with Crippen LogP contribution in [-0.4, -0.2) is 23.2 Å². The first kappa shape index (κ1) is 20.9. The molecule has 32 heavy (non-hydrogen) atoms. The first-order valence-electron chi connectivity index (χ1n) is 11.5. The van der Waals surface area contributed by atoms with Gasteiger partial charge in [-0.05, 0) is 50.4 Å². The molecule has 2 aromatic carbocycles. The minimum atomic E-state index is -0.976. The molecule has 6 rings (SSSR count). The minimum Gasteiger partial charge on any atom is -0.449 e. The van der Waals surface area contributed by atoms with E-state index in [4.69, 9.17) is 4.74 Å². The number of hydrogen-bond donors (Lipinski definition) is 1. The molecule has 166 valence electrons. The molecular weight excluding hydrogens is 402 g/mol. The van der Waals surface area contributed by atoms with Crippen molar-refractivity contribution in [3.8, 4) is 0 Å². The highest BCUT2D eigenvalue weighted by molar-refractivity contribution is 6.01. The van der Waals surface area contributed by atoms with E-state index in [0.29, 0.717) is 29.4 Å². The Kier molecular flexibility index (Phi) is 5.15. The molecule has 0 spiro atoms. The van der Waals surface area contributed by atoms with Crippen molar-refractivity contribution >= 4 is 17.7 Å². The molecule has 4 aliphatic rings. The van der Waals surface area contributed by atoms with Crippen LogP contribution in [0.3, 0.4) is 0 Å². The molecule has 1 amide bonds. The van der Waals surface area contributed by atoms with E-state index < -0.39 is 11.5 Å². The van der Waals surface area contributed by atoms with Crippen LogP contribution in [0.2, 0.25) is 0 Å². The number of carbonyl (C=O) groups excluding carboxylic acids is 3. The number of hydrogen-bond acceptors (Lipinski definition) is 4. The Bertz CT molecular complexity index is 1020. The summed E-state index contributed by atoms with van der Waals surface area (Å²) in [4.78, 5) is 39.1. The van der Waals surface area contributed by atoms with Crippen molar-refractivity contribution in [2.24, 2.45) is 17.3 Å². The Labute approximate surface area is 188 Å². The molecule has 2 aromatic rings. The van der Waals surface area contributed by atoms with Gasteiger partial charge in [0.1, 0.15) is 0 Å². The fourth-order valence-electron chi connectivity index (χ4n) is 6.91. The van der Waals surface area contributed by atoms with Gasteiger partial charge in [-0.1, -0.05) is 60.7 Å². The number of nitrogens with one attached hydrogen (secondary N) is 1. The van der Waals surface area contributed by atoms with Crippen LogP contribution in [0, 0.1) is 17.3 Å². The van der Waals surface area contributed by atoms with E-state index in [2.05, 4.69) is 5.32 Å². The maximum Gasteiger partial charge on any atom is 0.313 e. The lowest BCUT2D eigenvalue weighted by Crippen LogP contribution is -2.64. The van der Waals surface area contributed by atoms with E-state index in [-0.39, 0.29) is 23.2 Å². The number of ketones is 1. The van der Waals surface area contributed by atoms with E-state index in [0.717, 1.165) is 32.1 Å². The molecule has 4 bridgehead atoms. The summed E-state index contributed by atoms with van der Waals surface area (Å²) in [6, 6.07) is 18.2. The summed E-state index contributed by atoms with van der Waals surface area (Å²) in [5, 5.41) is 3.19. The third-order valence-corrected chi connectivity index (χ3v) is 7.56. The van der Waals surface area contributed by atoms with Gasteiger partial charge in [0.15, 0.2) is 6.10 Å². The number of benzene rings is 2. The van der Waals surface area contributed by atoms with Gasteiger partial charge in [-0.15, -0.1) is 0 Å². The van der Waals surface area contributed by atoms with Gasteiger partial charge < -0.3 is 10.1 Å². The standard InChI is InChI=1S/C27H29NO4/c1-18(29)28-27-15-19-12-20(16-27)14-26(13-19,17-27)25(31)32-24(22-10-6-3-7-11-22)23(30)21-8-4-2-5-9-21/h2-11,19-20,24H,12-17H2,1H3,(H,28,29)/t19-,20+,24-,26?,27?/m0/s1. The molecular formula is C27H29NO4. The number of carbonyl (C=O) groups is 3. The van der Waals surface area contributed by atoms with Crippen LogP contribution in [0.25, 0.3) is 0 Å². The lowest BCUT2D eigenvalue weighted by molar-refractivity contribution is -0.179. The lowest BCUT2D eigenvalue weighted by Gasteiger charge is -2.60. The van der Waals surface area contributed by atoms with Crippen LogP contribution in [0.1, 0.15) is 67.5 Å².